The number of hydrogen-bond acceptors (Lipinski definition) is 5. The first-order valence-electron chi connectivity index (χ1n) is 4.58. The molecule has 0 unspecified atom stereocenters. The molecule has 0 bridgehead atoms. The zero-order chi connectivity index (χ0) is 12.1. The summed E-state index contributed by atoms with van der Waals surface area (Å²) in [6, 6.07) is 3.50. The fourth-order valence-corrected chi connectivity index (χ4v) is 1.25. The lowest BCUT2D eigenvalue weighted by atomic mass is 10.3. The number of pyridine rings is 1. The molecule has 5 nitrogen and oxygen atoms in total. The van der Waals surface area contributed by atoms with Crippen LogP contribution in [-0.4, -0.2) is 36.6 Å². The maximum Gasteiger partial charge on any atom is 0.325 e. The zero-order valence-electron chi connectivity index (χ0n) is 9.14. The summed E-state index contributed by atoms with van der Waals surface area (Å²) in [5.74, 6) is -0.309. The summed E-state index contributed by atoms with van der Waals surface area (Å²) in [7, 11) is 3.12. The van der Waals surface area contributed by atoms with Crippen LogP contribution in [0.2, 0.25) is 0 Å². The zero-order valence-corrected chi connectivity index (χ0v) is 9.95. The van der Waals surface area contributed by atoms with Crippen LogP contribution >= 0.6 is 12.2 Å². The van der Waals surface area contributed by atoms with Gasteiger partial charge in [-0.15, -0.1) is 0 Å². The Bertz CT molecular complexity index is 409. The number of carbonyl (C=O) groups is 1. The van der Waals surface area contributed by atoms with E-state index in [0.717, 1.165) is 5.69 Å². The first kappa shape index (κ1) is 12.4. The van der Waals surface area contributed by atoms with Gasteiger partial charge in [0.15, 0.2) is 0 Å². The van der Waals surface area contributed by atoms with Gasteiger partial charge in [-0.25, -0.2) is 0 Å². The fourth-order valence-electron chi connectivity index (χ4n) is 1.14. The number of rotatable bonds is 4. The smallest absolute Gasteiger partial charge is 0.325 e. The second kappa shape index (κ2) is 5.41. The van der Waals surface area contributed by atoms with Gasteiger partial charge in [-0.3, -0.25) is 9.78 Å². The summed E-state index contributed by atoms with van der Waals surface area (Å²) < 4.78 is 4.57. The highest BCUT2D eigenvalue weighted by molar-refractivity contribution is 7.80. The van der Waals surface area contributed by atoms with Crippen LogP contribution in [0.25, 0.3) is 0 Å². The first-order chi connectivity index (χ1) is 7.54. The molecule has 0 saturated heterocycles. The van der Waals surface area contributed by atoms with Crippen molar-refractivity contribution in [1.82, 2.24) is 4.98 Å². The van der Waals surface area contributed by atoms with Crippen LogP contribution in [0.1, 0.15) is 5.69 Å². The number of anilines is 1. The summed E-state index contributed by atoms with van der Waals surface area (Å²) >= 11 is 4.82. The number of ether oxygens (including phenoxy) is 1. The van der Waals surface area contributed by atoms with Gasteiger partial charge in [0.2, 0.25) is 0 Å². The van der Waals surface area contributed by atoms with Crippen LogP contribution < -0.4 is 10.6 Å². The standard InChI is InChI=1S/C10H13N3O2S/c1-13(6-9(14)15-2)7-3-4-12-8(5-7)10(11)16/h3-5H,6H2,1-2H3,(H2,11,16). The Hall–Kier alpha value is -1.69. The third-order valence-corrected chi connectivity index (χ3v) is 2.24. The van der Waals surface area contributed by atoms with E-state index in [-0.39, 0.29) is 17.5 Å². The molecule has 0 atom stereocenters. The Kier molecular flexibility index (Phi) is 4.19. The number of esters is 1. The van der Waals surface area contributed by atoms with Crippen molar-refractivity contribution < 1.29 is 9.53 Å². The summed E-state index contributed by atoms with van der Waals surface area (Å²) in [6.45, 7) is 0.164. The molecule has 16 heavy (non-hydrogen) atoms. The maximum atomic E-state index is 11.1. The summed E-state index contributed by atoms with van der Waals surface area (Å²) in [5, 5.41) is 0. The molecule has 1 heterocycles. The van der Waals surface area contributed by atoms with Crippen LogP contribution in [0, 0.1) is 0 Å². The minimum absolute atomic E-state index is 0.164. The molecule has 0 amide bonds. The van der Waals surface area contributed by atoms with Gasteiger partial charge in [-0.05, 0) is 12.1 Å². The topological polar surface area (TPSA) is 68.5 Å². The van der Waals surface area contributed by atoms with E-state index in [4.69, 9.17) is 18.0 Å². The van der Waals surface area contributed by atoms with E-state index < -0.39 is 0 Å². The van der Waals surface area contributed by atoms with E-state index >= 15 is 0 Å². The van der Waals surface area contributed by atoms with E-state index in [9.17, 15) is 4.79 Å². The molecule has 0 spiro atoms. The third kappa shape index (κ3) is 3.16. The molecule has 1 rings (SSSR count). The van der Waals surface area contributed by atoms with Gasteiger partial charge in [-0.1, -0.05) is 12.2 Å². The predicted octanol–water partition coefficient (Wildman–Crippen LogP) is 0.325. The van der Waals surface area contributed by atoms with Gasteiger partial charge < -0.3 is 15.4 Å². The van der Waals surface area contributed by atoms with Crippen LogP contribution in [-0.2, 0) is 9.53 Å². The van der Waals surface area contributed by atoms with Crippen molar-refractivity contribution in [3.05, 3.63) is 24.0 Å². The second-order valence-corrected chi connectivity index (χ2v) is 3.64. The lowest BCUT2D eigenvalue weighted by molar-refractivity contribution is -0.138. The lowest BCUT2D eigenvalue weighted by Gasteiger charge is -2.17. The van der Waals surface area contributed by atoms with E-state index in [2.05, 4.69) is 9.72 Å². The second-order valence-electron chi connectivity index (χ2n) is 3.20. The fraction of sp³-hybridized carbons (Fsp3) is 0.300. The molecule has 0 fully saturated rings. The normalized spacial score (nSPS) is 9.62. The van der Waals surface area contributed by atoms with Crippen molar-refractivity contribution in [2.45, 2.75) is 0 Å². The minimum Gasteiger partial charge on any atom is -0.468 e. The highest BCUT2D eigenvalue weighted by Crippen LogP contribution is 2.12. The van der Waals surface area contributed by atoms with E-state index in [1.54, 1.807) is 30.3 Å². The SMILES string of the molecule is COC(=O)CN(C)c1ccnc(C(N)=S)c1. The van der Waals surface area contributed by atoms with Gasteiger partial charge in [0.25, 0.3) is 0 Å². The number of nitrogens with two attached hydrogens (primary N) is 1. The number of aromatic nitrogens is 1. The molecular weight excluding hydrogens is 226 g/mol. The molecule has 2 N–H and O–H groups in total. The molecule has 0 aliphatic carbocycles. The number of methoxy groups -OCH3 is 1. The average Bonchev–Trinajstić information content (AvgIpc) is 2.28. The molecule has 86 valence electrons. The highest BCUT2D eigenvalue weighted by Gasteiger charge is 2.08. The number of hydrogen-bond donors (Lipinski definition) is 1. The van der Waals surface area contributed by atoms with Crippen LogP contribution in [0.4, 0.5) is 5.69 Å². The Labute approximate surface area is 99.2 Å². The van der Waals surface area contributed by atoms with Gasteiger partial charge >= 0.3 is 5.97 Å². The molecule has 0 aromatic carbocycles. The van der Waals surface area contributed by atoms with Crippen LogP contribution in [0.5, 0.6) is 0 Å². The Balaban J connectivity index is 2.83. The molecule has 0 aliphatic rings. The number of carbonyl (C=O) groups excluding carboxylic acids is 1. The van der Waals surface area contributed by atoms with Crippen molar-refractivity contribution in [2.24, 2.45) is 5.73 Å². The molecule has 0 aliphatic heterocycles. The summed E-state index contributed by atoms with van der Waals surface area (Å²) in [4.78, 5) is 17.1. The van der Waals surface area contributed by atoms with Crippen molar-refractivity contribution in [3.63, 3.8) is 0 Å². The molecular formula is C10H13N3O2S. The Morgan fingerprint density at radius 1 is 1.69 bits per heavy atom. The van der Waals surface area contributed by atoms with E-state index in [1.807, 2.05) is 0 Å². The molecule has 0 radical (unpaired) electrons. The van der Waals surface area contributed by atoms with Gasteiger partial charge in [-0.2, -0.15) is 0 Å². The van der Waals surface area contributed by atoms with Gasteiger partial charge in [0.1, 0.15) is 11.5 Å². The first-order valence-corrected chi connectivity index (χ1v) is 4.99. The van der Waals surface area contributed by atoms with Gasteiger partial charge in [0, 0.05) is 18.9 Å². The number of nitrogens with zero attached hydrogens (tertiary/aromatic N) is 2. The number of likely N-dealkylation sites (N-methyl/N-ethyl adjacent to an activating group) is 1. The van der Waals surface area contributed by atoms with Crippen molar-refractivity contribution >= 4 is 28.9 Å². The van der Waals surface area contributed by atoms with Crippen molar-refractivity contribution in [1.29, 1.82) is 0 Å². The monoisotopic (exact) mass is 239 g/mol. The summed E-state index contributed by atoms with van der Waals surface area (Å²) in [5.41, 5.74) is 6.81. The Morgan fingerprint density at radius 3 is 2.94 bits per heavy atom. The van der Waals surface area contributed by atoms with E-state index in [1.165, 1.54) is 7.11 Å². The highest BCUT2D eigenvalue weighted by atomic mass is 32.1. The predicted molar refractivity (Wildman–Crippen MR) is 65.4 cm³/mol. The summed E-state index contributed by atoms with van der Waals surface area (Å²) in [6.07, 6.45) is 1.59. The van der Waals surface area contributed by atoms with Crippen LogP contribution in [0.15, 0.2) is 18.3 Å². The molecule has 6 heteroatoms. The molecule has 1 aromatic heterocycles. The van der Waals surface area contributed by atoms with Crippen molar-refractivity contribution in [3.8, 4) is 0 Å². The Morgan fingerprint density at radius 2 is 2.38 bits per heavy atom. The minimum atomic E-state index is -0.309. The van der Waals surface area contributed by atoms with Gasteiger partial charge in [0.05, 0.1) is 12.8 Å². The molecule has 0 saturated carbocycles. The van der Waals surface area contributed by atoms with Crippen LogP contribution in [0.3, 0.4) is 0 Å². The quantitative estimate of drug-likeness (QED) is 0.603. The average molecular weight is 239 g/mol. The van der Waals surface area contributed by atoms with E-state index in [0.29, 0.717) is 5.69 Å². The maximum absolute atomic E-state index is 11.1. The lowest BCUT2D eigenvalue weighted by Crippen LogP contribution is -2.26. The van der Waals surface area contributed by atoms with Crippen molar-refractivity contribution in [2.75, 3.05) is 25.6 Å². The molecule has 1 aromatic rings. The largest absolute Gasteiger partial charge is 0.468 e. The third-order valence-electron chi connectivity index (χ3n) is 2.03. The number of thiocarbonyl (C=S) groups is 1.